The molecule has 0 saturated heterocycles. The highest BCUT2D eigenvalue weighted by Gasteiger charge is 2.22. The Balaban J connectivity index is 1.64. The molecular formula is C30H36ClNO6. The highest BCUT2D eigenvalue weighted by molar-refractivity contribution is 6.30. The van der Waals surface area contributed by atoms with E-state index >= 15 is 0 Å². The Morgan fingerprint density at radius 2 is 1.63 bits per heavy atom. The van der Waals surface area contributed by atoms with Gasteiger partial charge in [0.1, 0.15) is 24.2 Å². The fraction of sp³-hybridized carbons (Fsp3) is 0.367. The molecule has 3 aromatic carbocycles. The molecule has 0 heterocycles. The quantitative estimate of drug-likeness (QED) is 0.270. The van der Waals surface area contributed by atoms with E-state index in [4.69, 9.17) is 25.8 Å². The molecule has 0 spiro atoms. The van der Waals surface area contributed by atoms with Crippen molar-refractivity contribution in [2.75, 3.05) is 32.9 Å². The average Bonchev–Trinajstić information content (AvgIpc) is 2.92. The summed E-state index contributed by atoms with van der Waals surface area (Å²) in [6, 6.07) is 24.0. The molecule has 0 aliphatic rings. The standard InChI is InChI=1S/C30H36ClNO6/c1-3-36-30(35)21-38-28-14-12-23(13-15-28)16-22(2)32(19-29(34)24-8-7-9-25(31)17-24)18-26(33)20-37-27-10-5-4-6-11-27/h4-15,17,22,26,29,33-34H,3,16,18-21H2,1-2H3/t22-,26+,29-/m1/s1. The van der Waals surface area contributed by atoms with E-state index in [1.807, 2.05) is 66.7 Å². The molecule has 0 saturated carbocycles. The van der Waals surface area contributed by atoms with Crippen LogP contribution in [0.4, 0.5) is 0 Å². The zero-order chi connectivity index (χ0) is 27.3. The van der Waals surface area contributed by atoms with Crippen LogP contribution in [0, 0.1) is 0 Å². The summed E-state index contributed by atoms with van der Waals surface area (Å²) in [5.74, 6) is 0.862. The highest BCUT2D eigenvalue weighted by atomic mass is 35.5. The number of carbonyl (C=O) groups is 1. The second-order valence-corrected chi connectivity index (χ2v) is 9.53. The lowest BCUT2D eigenvalue weighted by atomic mass is 10.0. The molecule has 0 fully saturated rings. The van der Waals surface area contributed by atoms with Crippen LogP contribution in [0.25, 0.3) is 0 Å². The summed E-state index contributed by atoms with van der Waals surface area (Å²) in [5, 5.41) is 22.3. The number of halogens is 1. The molecule has 0 unspecified atom stereocenters. The maximum absolute atomic E-state index is 11.5. The third-order valence-corrected chi connectivity index (χ3v) is 6.25. The lowest BCUT2D eigenvalue weighted by Crippen LogP contribution is -2.44. The van der Waals surface area contributed by atoms with Crippen molar-refractivity contribution < 1.29 is 29.2 Å². The summed E-state index contributed by atoms with van der Waals surface area (Å²) >= 11 is 6.13. The number of para-hydroxylation sites is 1. The highest BCUT2D eigenvalue weighted by Crippen LogP contribution is 2.22. The molecule has 3 atom stereocenters. The van der Waals surface area contributed by atoms with E-state index < -0.39 is 18.2 Å². The van der Waals surface area contributed by atoms with E-state index in [2.05, 4.69) is 11.8 Å². The van der Waals surface area contributed by atoms with Crippen molar-refractivity contribution in [1.82, 2.24) is 4.90 Å². The van der Waals surface area contributed by atoms with E-state index in [9.17, 15) is 15.0 Å². The Bertz CT molecular complexity index is 1110. The van der Waals surface area contributed by atoms with Gasteiger partial charge < -0.3 is 24.4 Å². The van der Waals surface area contributed by atoms with Crippen molar-refractivity contribution in [1.29, 1.82) is 0 Å². The Labute approximate surface area is 229 Å². The van der Waals surface area contributed by atoms with Crippen LogP contribution in [0.1, 0.15) is 31.1 Å². The maximum Gasteiger partial charge on any atom is 0.344 e. The van der Waals surface area contributed by atoms with Crippen LogP contribution < -0.4 is 9.47 Å². The van der Waals surface area contributed by atoms with E-state index in [1.54, 1.807) is 19.1 Å². The third-order valence-electron chi connectivity index (χ3n) is 6.01. The third kappa shape index (κ3) is 9.99. The molecule has 3 rings (SSSR count). The fourth-order valence-corrected chi connectivity index (χ4v) is 4.24. The first-order chi connectivity index (χ1) is 18.3. The average molecular weight is 542 g/mol. The molecule has 0 radical (unpaired) electrons. The van der Waals surface area contributed by atoms with Gasteiger partial charge in [0, 0.05) is 24.2 Å². The number of carbonyl (C=O) groups excluding carboxylic acids is 1. The zero-order valence-corrected chi connectivity index (χ0v) is 22.6. The van der Waals surface area contributed by atoms with Crippen LogP contribution in [-0.4, -0.2) is 66.1 Å². The Morgan fingerprint density at radius 1 is 0.921 bits per heavy atom. The van der Waals surface area contributed by atoms with Crippen molar-refractivity contribution in [3.05, 3.63) is 95.0 Å². The summed E-state index contributed by atoms with van der Waals surface area (Å²) in [5.41, 5.74) is 1.77. The molecule has 204 valence electrons. The van der Waals surface area contributed by atoms with Crippen molar-refractivity contribution in [3.8, 4) is 11.5 Å². The summed E-state index contributed by atoms with van der Waals surface area (Å²) in [6.07, 6.45) is -0.868. The fourth-order valence-electron chi connectivity index (χ4n) is 4.05. The summed E-state index contributed by atoms with van der Waals surface area (Å²) in [7, 11) is 0. The molecular weight excluding hydrogens is 506 g/mol. The van der Waals surface area contributed by atoms with Gasteiger partial charge in [0.25, 0.3) is 0 Å². The van der Waals surface area contributed by atoms with Gasteiger partial charge in [0.15, 0.2) is 6.61 Å². The first kappa shape index (κ1) is 29.5. The van der Waals surface area contributed by atoms with Crippen molar-refractivity contribution in [2.24, 2.45) is 0 Å². The first-order valence-electron chi connectivity index (χ1n) is 12.7. The number of rotatable bonds is 15. The summed E-state index contributed by atoms with van der Waals surface area (Å²) in [4.78, 5) is 13.6. The molecule has 0 aromatic heterocycles. The van der Waals surface area contributed by atoms with Crippen LogP contribution in [0.3, 0.4) is 0 Å². The molecule has 3 aromatic rings. The summed E-state index contributed by atoms with van der Waals surface area (Å²) < 4.78 is 16.1. The predicted molar refractivity (Wildman–Crippen MR) is 148 cm³/mol. The number of aliphatic hydroxyl groups is 2. The van der Waals surface area contributed by atoms with Gasteiger partial charge in [-0.3, -0.25) is 4.90 Å². The zero-order valence-electron chi connectivity index (χ0n) is 21.8. The second-order valence-electron chi connectivity index (χ2n) is 9.09. The molecule has 7 nitrogen and oxygen atoms in total. The lowest BCUT2D eigenvalue weighted by molar-refractivity contribution is -0.145. The number of hydrogen-bond acceptors (Lipinski definition) is 7. The smallest absolute Gasteiger partial charge is 0.344 e. The largest absolute Gasteiger partial charge is 0.491 e. The maximum atomic E-state index is 11.5. The van der Waals surface area contributed by atoms with Crippen LogP contribution in [0.15, 0.2) is 78.9 Å². The van der Waals surface area contributed by atoms with Gasteiger partial charge in [-0.2, -0.15) is 0 Å². The van der Waals surface area contributed by atoms with Crippen molar-refractivity contribution in [3.63, 3.8) is 0 Å². The van der Waals surface area contributed by atoms with Crippen LogP contribution in [0.2, 0.25) is 5.02 Å². The van der Waals surface area contributed by atoms with Crippen molar-refractivity contribution >= 4 is 17.6 Å². The molecule has 8 heteroatoms. The minimum atomic E-state index is -0.781. The van der Waals surface area contributed by atoms with Crippen LogP contribution >= 0.6 is 11.6 Å². The molecule has 0 bridgehead atoms. The normalized spacial score (nSPS) is 13.5. The Morgan fingerprint density at radius 3 is 2.32 bits per heavy atom. The van der Waals surface area contributed by atoms with Crippen LogP contribution in [0.5, 0.6) is 11.5 Å². The lowest BCUT2D eigenvalue weighted by Gasteiger charge is -2.33. The SMILES string of the molecule is CCOC(=O)COc1ccc(C[C@@H](C)N(C[C@H](O)COc2ccccc2)C[C@@H](O)c2cccc(Cl)c2)cc1. The van der Waals surface area contributed by atoms with Gasteiger partial charge in [0.05, 0.1) is 12.7 Å². The number of hydrogen-bond donors (Lipinski definition) is 2. The topological polar surface area (TPSA) is 88.5 Å². The number of benzene rings is 3. The van der Waals surface area contributed by atoms with E-state index in [0.29, 0.717) is 48.2 Å². The van der Waals surface area contributed by atoms with E-state index in [1.165, 1.54) is 0 Å². The van der Waals surface area contributed by atoms with Gasteiger partial charge in [0.2, 0.25) is 0 Å². The minimum Gasteiger partial charge on any atom is -0.491 e. The Hall–Kier alpha value is -3.10. The van der Waals surface area contributed by atoms with Gasteiger partial charge in [-0.25, -0.2) is 4.79 Å². The Kier molecular flexibility index (Phi) is 11.9. The molecule has 0 aliphatic heterocycles. The first-order valence-corrected chi connectivity index (χ1v) is 13.1. The number of ether oxygens (including phenoxy) is 3. The number of nitrogens with zero attached hydrogens (tertiary/aromatic N) is 1. The number of esters is 1. The van der Waals surface area contributed by atoms with Crippen LogP contribution in [-0.2, 0) is 16.0 Å². The van der Waals surface area contributed by atoms with Gasteiger partial charge in [-0.05, 0) is 67.8 Å². The predicted octanol–water partition coefficient (Wildman–Crippen LogP) is 4.69. The van der Waals surface area contributed by atoms with E-state index in [-0.39, 0.29) is 19.3 Å². The minimum absolute atomic E-state index is 0.0125. The second kappa shape index (κ2) is 15.3. The van der Waals surface area contributed by atoms with Gasteiger partial charge >= 0.3 is 5.97 Å². The molecule has 0 aliphatic carbocycles. The monoisotopic (exact) mass is 541 g/mol. The molecule has 0 amide bonds. The van der Waals surface area contributed by atoms with Gasteiger partial charge in [-0.15, -0.1) is 0 Å². The van der Waals surface area contributed by atoms with Crippen molar-refractivity contribution in [2.45, 2.75) is 38.5 Å². The molecule has 2 N–H and O–H groups in total. The van der Waals surface area contributed by atoms with Gasteiger partial charge in [-0.1, -0.05) is 54.1 Å². The van der Waals surface area contributed by atoms with E-state index in [0.717, 1.165) is 5.56 Å². The number of aliphatic hydroxyl groups excluding tert-OH is 2. The summed E-state index contributed by atoms with van der Waals surface area (Å²) in [6.45, 7) is 4.74. The molecule has 38 heavy (non-hydrogen) atoms.